The molecule has 0 fully saturated rings. The van der Waals surface area contributed by atoms with Gasteiger partial charge in [-0.15, -0.1) is 0 Å². The van der Waals surface area contributed by atoms with Crippen LogP contribution in [0.15, 0.2) is 36.4 Å². The largest absolute Gasteiger partial charge is 0.496 e. The van der Waals surface area contributed by atoms with E-state index in [1.54, 1.807) is 27.4 Å². The summed E-state index contributed by atoms with van der Waals surface area (Å²) in [6.07, 6.45) is 0. The van der Waals surface area contributed by atoms with Gasteiger partial charge in [0.15, 0.2) is 11.5 Å². The van der Waals surface area contributed by atoms with Crippen molar-refractivity contribution < 1.29 is 19.0 Å². The Morgan fingerprint density at radius 1 is 1.00 bits per heavy atom. The molecule has 6 nitrogen and oxygen atoms in total. The first-order valence-corrected chi connectivity index (χ1v) is 8.83. The van der Waals surface area contributed by atoms with Crippen molar-refractivity contribution in [3.8, 4) is 17.2 Å². The van der Waals surface area contributed by atoms with Gasteiger partial charge in [0.1, 0.15) is 5.75 Å². The van der Waals surface area contributed by atoms with Crippen LogP contribution in [0.25, 0.3) is 0 Å². The van der Waals surface area contributed by atoms with Crippen LogP contribution in [0, 0.1) is 0 Å². The van der Waals surface area contributed by atoms with Crippen LogP contribution in [-0.2, 0) is 17.9 Å². The predicted octanol–water partition coefficient (Wildman–Crippen LogP) is 3.11. The van der Waals surface area contributed by atoms with Gasteiger partial charge in [-0.1, -0.05) is 17.7 Å². The Morgan fingerprint density at radius 2 is 1.67 bits per heavy atom. The lowest BCUT2D eigenvalue weighted by Gasteiger charge is -2.18. The first-order chi connectivity index (χ1) is 13.0. The number of carbonyl (C=O) groups excluding carboxylic acids is 1. The molecule has 0 aromatic heterocycles. The van der Waals surface area contributed by atoms with Crippen molar-refractivity contribution in [2.45, 2.75) is 13.1 Å². The normalized spacial score (nSPS) is 10.6. The number of carbonyl (C=O) groups is 1. The average molecular weight is 393 g/mol. The number of hydrogen-bond donors (Lipinski definition) is 1. The average Bonchev–Trinajstić information content (AvgIpc) is 2.66. The lowest BCUT2D eigenvalue weighted by atomic mass is 10.2. The summed E-state index contributed by atoms with van der Waals surface area (Å²) in [5.41, 5.74) is 1.86. The SMILES string of the molecule is COc1ccc(Cl)cc1CN(C)CC(=O)NCc1ccc(OC)c(OC)c1. The zero-order chi connectivity index (χ0) is 19.8. The molecule has 0 atom stereocenters. The maximum absolute atomic E-state index is 12.2. The fourth-order valence-electron chi connectivity index (χ4n) is 2.71. The van der Waals surface area contributed by atoms with E-state index in [4.69, 9.17) is 25.8 Å². The van der Waals surface area contributed by atoms with Crippen LogP contribution in [-0.4, -0.2) is 45.7 Å². The number of halogens is 1. The van der Waals surface area contributed by atoms with Crippen LogP contribution < -0.4 is 19.5 Å². The van der Waals surface area contributed by atoms with Gasteiger partial charge in [0.25, 0.3) is 0 Å². The second-order valence-corrected chi connectivity index (χ2v) is 6.53. The molecule has 146 valence electrons. The van der Waals surface area contributed by atoms with E-state index in [0.29, 0.717) is 29.6 Å². The first kappa shape index (κ1) is 20.9. The Hall–Kier alpha value is -2.44. The molecule has 0 bridgehead atoms. The Bertz CT molecular complexity index is 783. The number of methoxy groups -OCH3 is 3. The number of rotatable bonds is 9. The Labute approximate surface area is 165 Å². The fourth-order valence-corrected chi connectivity index (χ4v) is 2.90. The van der Waals surface area contributed by atoms with Gasteiger partial charge in [0.05, 0.1) is 27.9 Å². The van der Waals surface area contributed by atoms with Crippen molar-refractivity contribution in [2.75, 3.05) is 34.9 Å². The smallest absolute Gasteiger partial charge is 0.234 e. The third kappa shape index (κ3) is 6.05. The van der Waals surface area contributed by atoms with Gasteiger partial charge in [0, 0.05) is 23.7 Å². The highest BCUT2D eigenvalue weighted by Crippen LogP contribution is 2.27. The topological polar surface area (TPSA) is 60.0 Å². The maximum Gasteiger partial charge on any atom is 0.234 e. The van der Waals surface area contributed by atoms with Gasteiger partial charge in [0.2, 0.25) is 5.91 Å². The minimum atomic E-state index is -0.0757. The number of nitrogens with zero attached hydrogens (tertiary/aromatic N) is 1. The Balaban J connectivity index is 1.89. The molecule has 2 aromatic rings. The van der Waals surface area contributed by atoms with Crippen molar-refractivity contribution >= 4 is 17.5 Å². The summed E-state index contributed by atoms with van der Waals surface area (Å²) in [6, 6.07) is 11.0. The van der Waals surface area contributed by atoms with Gasteiger partial charge in [-0.2, -0.15) is 0 Å². The number of hydrogen-bond acceptors (Lipinski definition) is 5. The molecule has 1 N–H and O–H groups in total. The van der Waals surface area contributed by atoms with Crippen LogP contribution >= 0.6 is 11.6 Å². The zero-order valence-electron chi connectivity index (χ0n) is 16.0. The van der Waals surface area contributed by atoms with E-state index in [9.17, 15) is 4.79 Å². The molecule has 0 unspecified atom stereocenters. The lowest BCUT2D eigenvalue weighted by Crippen LogP contribution is -2.34. The number of likely N-dealkylation sites (N-methyl/N-ethyl adjacent to an activating group) is 1. The van der Waals surface area contributed by atoms with E-state index < -0.39 is 0 Å². The molecular weight excluding hydrogens is 368 g/mol. The standard InChI is InChI=1S/C20H25ClN2O4/c1-23(12-15-10-16(21)6-8-17(15)25-2)13-20(24)22-11-14-5-7-18(26-3)19(9-14)27-4/h5-10H,11-13H2,1-4H3,(H,22,24). The second-order valence-electron chi connectivity index (χ2n) is 6.09. The molecule has 27 heavy (non-hydrogen) atoms. The summed E-state index contributed by atoms with van der Waals surface area (Å²) >= 11 is 6.05. The molecule has 0 spiro atoms. The van der Waals surface area contributed by atoms with Crippen LogP contribution in [0.2, 0.25) is 5.02 Å². The molecule has 0 aliphatic carbocycles. The molecule has 0 radical (unpaired) electrons. The summed E-state index contributed by atoms with van der Waals surface area (Å²) in [5, 5.41) is 3.55. The number of benzene rings is 2. The van der Waals surface area contributed by atoms with E-state index in [-0.39, 0.29) is 12.5 Å². The van der Waals surface area contributed by atoms with Gasteiger partial charge in [-0.05, 0) is 42.9 Å². The fraction of sp³-hybridized carbons (Fsp3) is 0.350. The minimum Gasteiger partial charge on any atom is -0.496 e. The van der Waals surface area contributed by atoms with Crippen LogP contribution in [0.5, 0.6) is 17.2 Å². The predicted molar refractivity (Wildman–Crippen MR) is 106 cm³/mol. The van der Waals surface area contributed by atoms with Crippen LogP contribution in [0.3, 0.4) is 0 Å². The molecule has 0 aliphatic heterocycles. The van der Waals surface area contributed by atoms with Crippen molar-refractivity contribution in [1.82, 2.24) is 10.2 Å². The van der Waals surface area contributed by atoms with E-state index in [1.165, 1.54) is 0 Å². The quantitative estimate of drug-likeness (QED) is 0.710. The minimum absolute atomic E-state index is 0.0757. The van der Waals surface area contributed by atoms with E-state index in [0.717, 1.165) is 16.9 Å². The highest BCUT2D eigenvalue weighted by Gasteiger charge is 2.11. The summed E-state index contributed by atoms with van der Waals surface area (Å²) in [5.74, 6) is 1.96. The van der Waals surface area contributed by atoms with Gasteiger partial charge < -0.3 is 19.5 Å². The Morgan fingerprint density at radius 3 is 2.33 bits per heavy atom. The maximum atomic E-state index is 12.2. The van der Waals surface area contributed by atoms with Crippen molar-refractivity contribution in [3.05, 3.63) is 52.5 Å². The molecule has 2 rings (SSSR count). The number of amides is 1. The van der Waals surface area contributed by atoms with Crippen molar-refractivity contribution in [1.29, 1.82) is 0 Å². The molecule has 7 heteroatoms. The molecule has 1 amide bonds. The monoisotopic (exact) mass is 392 g/mol. The third-order valence-electron chi connectivity index (χ3n) is 4.03. The van der Waals surface area contributed by atoms with E-state index in [2.05, 4.69) is 5.32 Å². The van der Waals surface area contributed by atoms with Gasteiger partial charge in [-0.3, -0.25) is 9.69 Å². The van der Waals surface area contributed by atoms with Gasteiger partial charge in [-0.25, -0.2) is 0 Å². The van der Waals surface area contributed by atoms with E-state index >= 15 is 0 Å². The Kier molecular flexibility index (Phi) is 7.76. The summed E-state index contributed by atoms with van der Waals surface area (Å²) in [6.45, 7) is 1.21. The molecule has 0 heterocycles. The molecule has 0 saturated carbocycles. The van der Waals surface area contributed by atoms with Crippen molar-refractivity contribution in [3.63, 3.8) is 0 Å². The molecule has 0 saturated heterocycles. The molecular formula is C20H25ClN2O4. The first-order valence-electron chi connectivity index (χ1n) is 8.45. The van der Waals surface area contributed by atoms with Crippen molar-refractivity contribution in [2.24, 2.45) is 0 Å². The second kappa shape index (κ2) is 10.0. The van der Waals surface area contributed by atoms with Crippen LogP contribution in [0.4, 0.5) is 0 Å². The summed E-state index contributed by atoms with van der Waals surface area (Å²) in [4.78, 5) is 14.2. The molecule has 2 aromatic carbocycles. The number of ether oxygens (including phenoxy) is 3. The zero-order valence-corrected chi connectivity index (χ0v) is 16.8. The summed E-state index contributed by atoms with van der Waals surface area (Å²) < 4.78 is 15.8. The van der Waals surface area contributed by atoms with Gasteiger partial charge >= 0.3 is 0 Å². The summed E-state index contributed by atoms with van der Waals surface area (Å²) in [7, 11) is 6.66. The number of nitrogens with one attached hydrogen (secondary N) is 1. The lowest BCUT2D eigenvalue weighted by molar-refractivity contribution is -0.122. The van der Waals surface area contributed by atoms with Crippen LogP contribution in [0.1, 0.15) is 11.1 Å². The molecule has 0 aliphatic rings. The third-order valence-corrected chi connectivity index (χ3v) is 4.27. The highest BCUT2D eigenvalue weighted by molar-refractivity contribution is 6.30. The van der Waals surface area contributed by atoms with E-state index in [1.807, 2.05) is 42.3 Å². The highest BCUT2D eigenvalue weighted by atomic mass is 35.5.